The number of nitrogens with one attached hydrogen (secondary N) is 2. The number of halogens is 1. The summed E-state index contributed by atoms with van der Waals surface area (Å²) in [4.78, 5) is 23.5. The van der Waals surface area contributed by atoms with E-state index in [1.807, 2.05) is 24.3 Å². The summed E-state index contributed by atoms with van der Waals surface area (Å²) in [6, 6.07) is 12.4. The highest BCUT2D eigenvalue weighted by molar-refractivity contribution is 6.30. The number of methoxy groups -OCH3 is 1. The Morgan fingerprint density at radius 3 is 2.46 bits per heavy atom. The summed E-state index contributed by atoms with van der Waals surface area (Å²) in [5.74, 6) is 0.0646. The Labute approximate surface area is 146 Å². The number of hydrogen-bond acceptors (Lipinski definition) is 3. The normalized spacial score (nSPS) is 10.1. The molecule has 0 unspecified atom stereocenters. The zero-order valence-corrected chi connectivity index (χ0v) is 14.3. The first-order chi connectivity index (χ1) is 11.5. The zero-order valence-electron chi connectivity index (χ0n) is 13.6. The van der Waals surface area contributed by atoms with Gasteiger partial charge in [-0.3, -0.25) is 9.59 Å². The maximum atomic E-state index is 12.2. The van der Waals surface area contributed by atoms with Crippen LogP contribution < -0.4 is 15.4 Å². The zero-order chi connectivity index (χ0) is 17.5. The molecule has 0 saturated heterocycles. The summed E-state index contributed by atoms with van der Waals surface area (Å²) in [6.07, 6.45) is 0.706. The number of ether oxygens (including phenoxy) is 1. The molecular formula is C18H19ClN2O3. The maximum absolute atomic E-state index is 12.2. The molecule has 0 atom stereocenters. The Kier molecular flexibility index (Phi) is 6.21. The fraction of sp³-hybridized carbons (Fsp3) is 0.222. The van der Waals surface area contributed by atoms with Crippen molar-refractivity contribution in [1.82, 2.24) is 5.32 Å². The van der Waals surface area contributed by atoms with Crippen LogP contribution in [0.4, 0.5) is 5.69 Å². The lowest BCUT2D eigenvalue weighted by Gasteiger charge is -2.11. The van der Waals surface area contributed by atoms with Gasteiger partial charge in [0.05, 0.1) is 12.8 Å². The second-order valence-electron chi connectivity index (χ2n) is 5.23. The number of amides is 2. The lowest BCUT2D eigenvalue weighted by molar-refractivity contribution is -0.114. The van der Waals surface area contributed by atoms with Crippen LogP contribution in [0.15, 0.2) is 42.5 Å². The predicted molar refractivity (Wildman–Crippen MR) is 94.8 cm³/mol. The summed E-state index contributed by atoms with van der Waals surface area (Å²) in [5.41, 5.74) is 2.01. The van der Waals surface area contributed by atoms with Gasteiger partial charge in [0.15, 0.2) is 0 Å². The van der Waals surface area contributed by atoms with Crippen LogP contribution in [0, 0.1) is 0 Å². The van der Waals surface area contributed by atoms with Crippen LogP contribution >= 0.6 is 11.6 Å². The summed E-state index contributed by atoms with van der Waals surface area (Å²) in [5, 5.41) is 6.19. The molecule has 2 rings (SSSR count). The van der Waals surface area contributed by atoms with Crippen molar-refractivity contribution >= 4 is 29.1 Å². The van der Waals surface area contributed by atoms with Gasteiger partial charge in [0.1, 0.15) is 5.75 Å². The molecule has 5 nitrogen and oxygen atoms in total. The molecule has 0 aliphatic carbocycles. The standard InChI is InChI=1S/C18H19ClN2O3/c1-12(22)21-16-11-14(5-8-17(16)24-2)18(23)20-10-9-13-3-6-15(19)7-4-13/h3-8,11H,9-10H2,1-2H3,(H,20,23)(H,21,22). The Morgan fingerprint density at radius 1 is 1.12 bits per heavy atom. The van der Waals surface area contributed by atoms with E-state index in [2.05, 4.69) is 10.6 Å². The molecule has 0 aromatic heterocycles. The van der Waals surface area contributed by atoms with Crippen LogP contribution in [0.1, 0.15) is 22.8 Å². The van der Waals surface area contributed by atoms with Gasteiger partial charge in [-0.1, -0.05) is 23.7 Å². The molecule has 2 N–H and O–H groups in total. The van der Waals surface area contributed by atoms with Crippen molar-refractivity contribution in [3.63, 3.8) is 0 Å². The fourth-order valence-corrected chi connectivity index (χ4v) is 2.34. The van der Waals surface area contributed by atoms with E-state index in [1.165, 1.54) is 14.0 Å². The Hall–Kier alpha value is -2.53. The number of anilines is 1. The first-order valence-electron chi connectivity index (χ1n) is 7.48. The molecule has 0 aliphatic rings. The minimum atomic E-state index is -0.228. The van der Waals surface area contributed by atoms with E-state index in [-0.39, 0.29) is 11.8 Å². The van der Waals surface area contributed by atoms with E-state index in [4.69, 9.17) is 16.3 Å². The minimum Gasteiger partial charge on any atom is -0.495 e. The molecule has 0 heterocycles. The van der Waals surface area contributed by atoms with E-state index in [1.54, 1.807) is 18.2 Å². The van der Waals surface area contributed by atoms with Gasteiger partial charge < -0.3 is 15.4 Å². The quantitative estimate of drug-likeness (QED) is 0.843. The monoisotopic (exact) mass is 346 g/mol. The van der Waals surface area contributed by atoms with Crippen molar-refractivity contribution < 1.29 is 14.3 Å². The largest absolute Gasteiger partial charge is 0.495 e. The Balaban J connectivity index is 1.98. The second kappa shape index (κ2) is 8.36. The highest BCUT2D eigenvalue weighted by Gasteiger charge is 2.11. The highest BCUT2D eigenvalue weighted by Crippen LogP contribution is 2.25. The SMILES string of the molecule is COc1ccc(C(=O)NCCc2ccc(Cl)cc2)cc1NC(C)=O. The van der Waals surface area contributed by atoms with E-state index < -0.39 is 0 Å². The van der Waals surface area contributed by atoms with Crippen LogP contribution in [0.3, 0.4) is 0 Å². The summed E-state index contributed by atoms with van der Waals surface area (Å²) >= 11 is 5.84. The van der Waals surface area contributed by atoms with Crippen LogP contribution in [0.2, 0.25) is 5.02 Å². The van der Waals surface area contributed by atoms with Gasteiger partial charge in [0.2, 0.25) is 5.91 Å². The molecule has 0 bridgehead atoms. The van der Waals surface area contributed by atoms with Crippen LogP contribution in [-0.4, -0.2) is 25.5 Å². The fourth-order valence-electron chi connectivity index (χ4n) is 2.21. The molecule has 0 fully saturated rings. The van der Waals surface area contributed by atoms with Crippen LogP contribution in [0.5, 0.6) is 5.75 Å². The van der Waals surface area contributed by atoms with E-state index >= 15 is 0 Å². The van der Waals surface area contributed by atoms with E-state index in [9.17, 15) is 9.59 Å². The molecule has 0 spiro atoms. The smallest absolute Gasteiger partial charge is 0.251 e. The predicted octanol–water partition coefficient (Wildman–Crippen LogP) is 3.28. The van der Waals surface area contributed by atoms with Crippen molar-refractivity contribution in [2.45, 2.75) is 13.3 Å². The average molecular weight is 347 g/mol. The van der Waals surface area contributed by atoms with Crippen molar-refractivity contribution in [3.8, 4) is 5.75 Å². The van der Waals surface area contributed by atoms with E-state index in [0.717, 1.165) is 5.56 Å². The van der Waals surface area contributed by atoms with Crippen molar-refractivity contribution in [1.29, 1.82) is 0 Å². The molecule has 2 amide bonds. The van der Waals surface area contributed by atoms with Crippen molar-refractivity contribution in [2.75, 3.05) is 19.0 Å². The van der Waals surface area contributed by atoms with Gasteiger partial charge >= 0.3 is 0 Å². The number of rotatable bonds is 6. The third-order valence-corrected chi connectivity index (χ3v) is 3.64. The minimum absolute atomic E-state index is 0.210. The van der Waals surface area contributed by atoms with Gasteiger partial charge in [0.25, 0.3) is 5.91 Å². The van der Waals surface area contributed by atoms with Crippen LogP contribution in [-0.2, 0) is 11.2 Å². The molecule has 0 aliphatic heterocycles. The average Bonchev–Trinajstić information content (AvgIpc) is 2.56. The molecule has 2 aromatic carbocycles. The summed E-state index contributed by atoms with van der Waals surface area (Å²) in [7, 11) is 1.51. The molecule has 126 valence electrons. The molecule has 0 saturated carbocycles. The Morgan fingerprint density at radius 2 is 1.83 bits per heavy atom. The first-order valence-corrected chi connectivity index (χ1v) is 7.85. The van der Waals surface area contributed by atoms with Crippen LogP contribution in [0.25, 0.3) is 0 Å². The number of hydrogen-bond donors (Lipinski definition) is 2. The van der Waals surface area contributed by atoms with Gasteiger partial charge in [0, 0.05) is 24.1 Å². The van der Waals surface area contributed by atoms with Gasteiger partial charge in [-0.15, -0.1) is 0 Å². The second-order valence-corrected chi connectivity index (χ2v) is 5.67. The molecule has 6 heteroatoms. The molecular weight excluding hydrogens is 328 g/mol. The van der Waals surface area contributed by atoms with Crippen molar-refractivity contribution in [3.05, 3.63) is 58.6 Å². The van der Waals surface area contributed by atoms with Crippen molar-refractivity contribution in [2.24, 2.45) is 0 Å². The lowest BCUT2D eigenvalue weighted by Crippen LogP contribution is -2.25. The topological polar surface area (TPSA) is 67.4 Å². The maximum Gasteiger partial charge on any atom is 0.251 e. The van der Waals surface area contributed by atoms with Gasteiger partial charge in [-0.2, -0.15) is 0 Å². The first kappa shape index (κ1) is 17.8. The van der Waals surface area contributed by atoms with E-state index in [0.29, 0.717) is 35.0 Å². The third kappa shape index (κ3) is 4.99. The molecule has 2 aromatic rings. The molecule has 24 heavy (non-hydrogen) atoms. The molecule has 0 radical (unpaired) electrons. The highest BCUT2D eigenvalue weighted by atomic mass is 35.5. The van der Waals surface area contributed by atoms with Gasteiger partial charge in [-0.25, -0.2) is 0 Å². The number of carbonyl (C=O) groups is 2. The number of carbonyl (C=O) groups excluding carboxylic acids is 2. The third-order valence-electron chi connectivity index (χ3n) is 3.38. The lowest BCUT2D eigenvalue weighted by atomic mass is 10.1. The Bertz CT molecular complexity index is 730. The summed E-state index contributed by atoms with van der Waals surface area (Å²) in [6.45, 7) is 1.90. The van der Waals surface area contributed by atoms with Gasteiger partial charge in [-0.05, 0) is 42.3 Å². The number of benzene rings is 2. The summed E-state index contributed by atoms with van der Waals surface area (Å²) < 4.78 is 5.17.